The monoisotopic (exact) mass is 336 g/mol. The van der Waals surface area contributed by atoms with Crippen molar-refractivity contribution in [3.05, 3.63) is 71.0 Å². The maximum Gasteiger partial charge on any atom is 0.240 e. The van der Waals surface area contributed by atoms with Crippen LogP contribution in [0.4, 0.5) is 13.2 Å². The molecule has 0 unspecified atom stereocenters. The van der Waals surface area contributed by atoms with E-state index >= 15 is 0 Å². The first-order valence-electron chi connectivity index (χ1n) is 7.12. The van der Waals surface area contributed by atoms with Gasteiger partial charge >= 0.3 is 0 Å². The van der Waals surface area contributed by atoms with Gasteiger partial charge in [0.1, 0.15) is 11.9 Å². The average Bonchev–Trinajstić information content (AvgIpc) is 2.50. The maximum atomic E-state index is 13.2. The summed E-state index contributed by atoms with van der Waals surface area (Å²) in [4.78, 5) is 23.5. The Bertz CT molecular complexity index is 765. The lowest BCUT2D eigenvalue weighted by atomic mass is 10.0. The van der Waals surface area contributed by atoms with Gasteiger partial charge in [0.15, 0.2) is 11.6 Å². The summed E-state index contributed by atoms with van der Waals surface area (Å²) in [5.41, 5.74) is 5.99. The zero-order valence-electron chi connectivity index (χ0n) is 12.6. The second-order valence-electron chi connectivity index (χ2n) is 5.28. The molecule has 2 amide bonds. The van der Waals surface area contributed by atoms with Crippen molar-refractivity contribution in [2.45, 2.75) is 18.9 Å². The quantitative estimate of drug-likeness (QED) is 0.845. The molecule has 0 heterocycles. The molecule has 0 saturated carbocycles. The predicted octanol–water partition coefficient (Wildman–Crippen LogP) is 1.86. The molecule has 0 saturated heterocycles. The highest BCUT2D eigenvalue weighted by Gasteiger charge is 2.19. The van der Waals surface area contributed by atoms with Crippen molar-refractivity contribution in [2.75, 3.05) is 0 Å². The Kier molecular flexibility index (Phi) is 5.57. The standard InChI is InChI=1S/C17H15F3N2O2/c18-12-3-1-2-10(6-12)8-15(17(21)24)22-16(23)9-11-4-5-13(19)14(20)7-11/h1-7,15H,8-9H2,(H2,21,24)(H,22,23)/t15-/m1/s1. The van der Waals surface area contributed by atoms with Crippen LogP contribution in [0.15, 0.2) is 42.5 Å². The summed E-state index contributed by atoms with van der Waals surface area (Å²) in [5, 5.41) is 2.41. The van der Waals surface area contributed by atoms with Crippen LogP contribution in [-0.4, -0.2) is 17.9 Å². The van der Waals surface area contributed by atoms with E-state index in [1.54, 1.807) is 6.07 Å². The van der Waals surface area contributed by atoms with Gasteiger partial charge in [-0.15, -0.1) is 0 Å². The molecule has 4 nitrogen and oxygen atoms in total. The molecule has 7 heteroatoms. The molecule has 2 aromatic rings. The van der Waals surface area contributed by atoms with Gasteiger partial charge in [-0.25, -0.2) is 13.2 Å². The van der Waals surface area contributed by atoms with Crippen molar-refractivity contribution in [3.8, 4) is 0 Å². The third-order valence-corrected chi connectivity index (χ3v) is 3.36. The molecule has 0 aromatic heterocycles. The van der Waals surface area contributed by atoms with E-state index in [2.05, 4.69) is 5.32 Å². The van der Waals surface area contributed by atoms with Gasteiger partial charge in [0.2, 0.25) is 11.8 Å². The fourth-order valence-corrected chi connectivity index (χ4v) is 2.20. The molecule has 0 aliphatic rings. The minimum absolute atomic E-state index is 0.0244. The Balaban J connectivity index is 2.02. The van der Waals surface area contributed by atoms with E-state index in [9.17, 15) is 22.8 Å². The van der Waals surface area contributed by atoms with Crippen LogP contribution in [0.3, 0.4) is 0 Å². The van der Waals surface area contributed by atoms with E-state index in [0.717, 1.165) is 12.1 Å². The van der Waals surface area contributed by atoms with Crippen molar-refractivity contribution in [2.24, 2.45) is 5.73 Å². The number of nitrogens with one attached hydrogen (secondary N) is 1. The number of carbonyl (C=O) groups excluding carboxylic acids is 2. The summed E-state index contributed by atoms with van der Waals surface area (Å²) in [6, 6.07) is 7.61. The second kappa shape index (κ2) is 7.63. The van der Waals surface area contributed by atoms with E-state index < -0.39 is 35.3 Å². The Hall–Kier alpha value is -2.83. The summed E-state index contributed by atoms with van der Waals surface area (Å²) in [6.45, 7) is 0. The fourth-order valence-electron chi connectivity index (χ4n) is 2.20. The van der Waals surface area contributed by atoms with Gasteiger partial charge in [0, 0.05) is 6.42 Å². The fraction of sp³-hybridized carbons (Fsp3) is 0.176. The first-order valence-corrected chi connectivity index (χ1v) is 7.12. The molecule has 0 aliphatic carbocycles. The number of amides is 2. The lowest BCUT2D eigenvalue weighted by Crippen LogP contribution is -2.46. The van der Waals surface area contributed by atoms with Gasteiger partial charge in [0.25, 0.3) is 0 Å². The van der Waals surface area contributed by atoms with Gasteiger partial charge < -0.3 is 11.1 Å². The summed E-state index contributed by atoms with van der Waals surface area (Å²) >= 11 is 0. The molecule has 0 bridgehead atoms. The van der Waals surface area contributed by atoms with Crippen LogP contribution in [0, 0.1) is 17.5 Å². The number of nitrogens with two attached hydrogens (primary N) is 1. The first-order chi connectivity index (χ1) is 11.3. The van der Waals surface area contributed by atoms with Crippen molar-refractivity contribution in [3.63, 3.8) is 0 Å². The van der Waals surface area contributed by atoms with Crippen LogP contribution >= 0.6 is 0 Å². The van der Waals surface area contributed by atoms with Gasteiger partial charge in [-0.3, -0.25) is 9.59 Å². The zero-order valence-corrected chi connectivity index (χ0v) is 12.6. The van der Waals surface area contributed by atoms with Gasteiger partial charge in [-0.2, -0.15) is 0 Å². The SMILES string of the molecule is NC(=O)[C@@H](Cc1cccc(F)c1)NC(=O)Cc1ccc(F)c(F)c1. The zero-order chi connectivity index (χ0) is 17.7. The molecule has 24 heavy (non-hydrogen) atoms. The van der Waals surface area contributed by atoms with E-state index in [-0.39, 0.29) is 18.4 Å². The number of rotatable bonds is 6. The van der Waals surface area contributed by atoms with Crippen LogP contribution < -0.4 is 11.1 Å². The van der Waals surface area contributed by atoms with Gasteiger partial charge in [-0.1, -0.05) is 18.2 Å². The molecule has 3 N–H and O–H groups in total. The molecule has 0 radical (unpaired) electrons. The van der Waals surface area contributed by atoms with Crippen molar-refractivity contribution < 1.29 is 22.8 Å². The minimum Gasteiger partial charge on any atom is -0.368 e. The second-order valence-corrected chi connectivity index (χ2v) is 5.28. The number of primary amides is 1. The largest absolute Gasteiger partial charge is 0.368 e. The Morgan fingerprint density at radius 3 is 2.38 bits per heavy atom. The third-order valence-electron chi connectivity index (χ3n) is 3.36. The predicted molar refractivity (Wildman–Crippen MR) is 81.3 cm³/mol. The highest BCUT2D eigenvalue weighted by atomic mass is 19.2. The Morgan fingerprint density at radius 1 is 1.00 bits per heavy atom. The van der Waals surface area contributed by atoms with Crippen LogP contribution in [0.25, 0.3) is 0 Å². The van der Waals surface area contributed by atoms with Crippen LogP contribution in [0.5, 0.6) is 0 Å². The molecule has 2 aromatic carbocycles. The molecule has 126 valence electrons. The number of benzene rings is 2. The maximum absolute atomic E-state index is 13.2. The summed E-state index contributed by atoms with van der Waals surface area (Å²) in [5.74, 6) is -3.91. The molecule has 0 aliphatic heterocycles. The van der Waals surface area contributed by atoms with Gasteiger partial charge in [0.05, 0.1) is 6.42 Å². The minimum atomic E-state index is -1.06. The lowest BCUT2D eigenvalue weighted by molar-refractivity contribution is -0.127. The first kappa shape index (κ1) is 17.5. The summed E-state index contributed by atoms with van der Waals surface area (Å²) in [6.07, 6.45) is -0.221. The van der Waals surface area contributed by atoms with E-state index in [0.29, 0.717) is 5.56 Å². The topological polar surface area (TPSA) is 72.2 Å². The van der Waals surface area contributed by atoms with E-state index in [1.807, 2.05) is 0 Å². The smallest absolute Gasteiger partial charge is 0.240 e. The van der Waals surface area contributed by atoms with Crippen molar-refractivity contribution in [1.29, 1.82) is 0 Å². The summed E-state index contributed by atoms with van der Waals surface area (Å²) < 4.78 is 39.2. The lowest BCUT2D eigenvalue weighted by Gasteiger charge is -2.16. The van der Waals surface area contributed by atoms with Crippen LogP contribution in [0.2, 0.25) is 0 Å². The summed E-state index contributed by atoms with van der Waals surface area (Å²) in [7, 11) is 0. The Morgan fingerprint density at radius 2 is 1.75 bits per heavy atom. The number of hydrogen-bond acceptors (Lipinski definition) is 2. The van der Waals surface area contributed by atoms with Crippen LogP contribution in [0.1, 0.15) is 11.1 Å². The molecular formula is C17H15F3N2O2. The molecule has 0 fully saturated rings. The number of hydrogen-bond donors (Lipinski definition) is 2. The van der Waals surface area contributed by atoms with Crippen LogP contribution in [-0.2, 0) is 22.4 Å². The van der Waals surface area contributed by atoms with E-state index in [4.69, 9.17) is 5.73 Å². The van der Waals surface area contributed by atoms with E-state index in [1.165, 1.54) is 24.3 Å². The number of carbonyl (C=O) groups is 2. The third kappa shape index (κ3) is 4.84. The highest BCUT2D eigenvalue weighted by Crippen LogP contribution is 2.10. The highest BCUT2D eigenvalue weighted by molar-refractivity contribution is 5.87. The molecular weight excluding hydrogens is 321 g/mol. The average molecular weight is 336 g/mol. The van der Waals surface area contributed by atoms with Gasteiger partial charge in [-0.05, 0) is 35.4 Å². The van der Waals surface area contributed by atoms with Crippen molar-refractivity contribution >= 4 is 11.8 Å². The van der Waals surface area contributed by atoms with Crippen molar-refractivity contribution in [1.82, 2.24) is 5.32 Å². The molecule has 1 atom stereocenters. The normalized spacial score (nSPS) is 11.8. The number of halogens is 3. The Labute approximate surface area is 136 Å². The molecule has 2 rings (SSSR count). The molecule has 0 spiro atoms.